The van der Waals surface area contributed by atoms with Gasteiger partial charge in [-0.25, -0.2) is 9.07 Å². The summed E-state index contributed by atoms with van der Waals surface area (Å²) in [6, 6.07) is 10.8. The Bertz CT molecular complexity index is 1060. The second-order valence-electron chi connectivity index (χ2n) is 7.73. The van der Waals surface area contributed by atoms with Crippen LogP contribution in [-0.2, 0) is 20.1 Å². The number of likely N-dealkylation sites (tertiary alicyclic amines) is 1. The molecule has 1 aliphatic rings. The van der Waals surface area contributed by atoms with Gasteiger partial charge in [0.15, 0.2) is 11.4 Å². The third kappa shape index (κ3) is 4.62. The van der Waals surface area contributed by atoms with Gasteiger partial charge in [0.05, 0.1) is 25.3 Å². The van der Waals surface area contributed by atoms with Crippen molar-refractivity contribution in [2.45, 2.75) is 38.6 Å². The lowest BCUT2D eigenvalue weighted by molar-refractivity contribution is 0.0707. The van der Waals surface area contributed by atoms with Gasteiger partial charge in [-0.05, 0) is 18.6 Å². The van der Waals surface area contributed by atoms with E-state index in [1.165, 1.54) is 15.8 Å². The van der Waals surface area contributed by atoms with Crippen molar-refractivity contribution in [3.8, 4) is 0 Å². The Morgan fingerprint density at radius 1 is 1.23 bits per heavy atom. The van der Waals surface area contributed by atoms with Gasteiger partial charge in [0.1, 0.15) is 6.17 Å². The summed E-state index contributed by atoms with van der Waals surface area (Å²) in [7, 11) is 1.76. The van der Waals surface area contributed by atoms with E-state index < -0.39 is 12.2 Å². The number of aromatic nitrogens is 5. The van der Waals surface area contributed by atoms with Crippen LogP contribution in [0.1, 0.15) is 38.7 Å². The number of carbonyl (C=O) groups is 2. The van der Waals surface area contributed by atoms with Crippen LogP contribution in [0.15, 0.2) is 42.6 Å². The topological polar surface area (TPSA) is 97.9 Å². The zero-order valence-electron chi connectivity index (χ0n) is 17.4. The highest BCUT2D eigenvalue weighted by Gasteiger charge is 2.37. The summed E-state index contributed by atoms with van der Waals surface area (Å²) in [4.78, 5) is 26.7. The molecule has 1 aliphatic heterocycles. The molecule has 3 heterocycles. The first kappa shape index (κ1) is 20.7. The van der Waals surface area contributed by atoms with Crippen LogP contribution in [0, 0.1) is 6.92 Å². The van der Waals surface area contributed by atoms with E-state index in [4.69, 9.17) is 0 Å². The van der Waals surface area contributed by atoms with E-state index >= 15 is 0 Å². The highest BCUT2D eigenvalue weighted by molar-refractivity contribution is 5.93. The number of halogens is 1. The Morgan fingerprint density at radius 3 is 2.71 bits per heavy atom. The normalized spacial score (nSPS) is 18.4. The number of nitrogens with one attached hydrogen (secondary N) is 1. The van der Waals surface area contributed by atoms with Crippen LogP contribution in [0.4, 0.5) is 4.39 Å². The summed E-state index contributed by atoms with van der Waals surface area (Å²) in [5.74, 6) is -0.656. The Balaban J connectivity index is 1.40. The first-order valence-electron chi connectivity index (χ1n) is 10.1. The Hall–Kier alpha value is -3.56. The number of hydrogen-bond acceptors (Lipinski definition) is 5. The molecule has 3 aromatic rings. The summed E-state index contributed by atoms with van der Waals surface area (Å²) < 4.78 is 17.2. The van der Waals surface area contributed by atoms with Gasteiger partial charge in [0, 0.05) is 25.7 Å². The van der Waals surface area contributed by atoms with E-state index in [2.05, 4.69) is 20.7 Å². The first-order chi connectivity index (χ1) is 14.9. The average Bonchev–Trinajstić information content (AvgIpc) is 3.46. The molecule has 2 aromatic heterocycles. The van der Waals surface area contributed by atoms with Gasteiger partial charge in [-0.2, -0.15) is 5.10 Å². The van der Waals surface area contributed by atoms with Crippen molar-refractivity contribution in [1.29, 1.82) is 0 Å². The minimum Gasteiger partial charge on any atom is -0.347 e. The summed E-state index contributed by atoms with van der Waals surface area (Å²) in [5.41, 5.74) is 2.28. The summed E-state index contributed by atoms with van der Waals surface area (Å²) >= 11 is 0. The van der Waals surface area contributed by atoms with E-state index in [1.807, 2.05) is 37.3 Å². The molecule has 31 heavy (non-hydrogen) atoms. The third-order valence-corrected chi connectivity index (χ3v) is 5.42. The number of hydrogen-bond donors (Lipinski definition) is 1. The zero-order chi connectivity index (χ0) is 22.0. The highest BCUT2D eigenvalue weighted by atomic mass is 19.1. The molecule has 0 saturated carbocycles. The maximum atomic E-state index is 14.2. The maximum absolute atomic E-state index is 14.2. The van der Waals surface area contributed by atoms with Crippen molar-refractivity contribution in [2.24, 2.45) is 7.05 Å². The number of rotatable bonds is 6. The lowest BCUT2D eigenvalue weighted by Gasteiger charge is -2.23. The zero-order valence-corrected chi connectivity index (χ0v) is 17.4. The van der Waals surface area contributed by atoms with Crippen molar-refractivity contribution in [3.05, 3.63) is 65.2 Å². The van der Waals surface area contributed by atoms with Crippen LogP contribution in [-0.4, -0.2) is 60.2 Å². The lowest BCUT2D eigenvalue weighted by Crippen LogP contribution is -2.38. The Labute approximate surface area is 178 Å². The quantitative estimate of drug-likeness (QED) is 0.646. The van der Waals surface area contributed by atoms with Gasteiger partial charge in [0.2, 0.25) is 0 Å². The standard InChI is InChI=1S/C21H24FN7O2/c1-14-8-18(25-27(14)2)21(31)29-11-16(22)9-17(29)12-28-13-19(24-26-28)20(30)23-10-15-6-4-3-5-7-15/h3-8,13,16-17H,9-12H2,1-2H3,(H,23,30)/t16-,17-/m0/s1. The number of aryl methyl sites for hydroxylation is 2. The molecule has 0 aliphatic carbocycles. The van der Waals surface area contributed by atoms with Crippen LogP contribution in [0.25, 0.3) is 0 Å². The van der Waals surface area contributed by atoms with Crippen LogP contribution < -0.4 is 5.32 Å². The largest absolute Gasteiger partial charge is 0.347 e. The molecule has 2 atom stereocenters. The molecule has 162 valence electrons. The number of alkyl halides is 1. The predicted molar refractivity (Wildman–Crippen MR) is 110 cm³/mol. The van der Waals surface area contributed by atoms with E-state index in [-0.39, 0.29) is 37.0 Å². The Morgan fingerprint density at radius 2 is 2.00 bits per heavy atom. The fraction of sp³-hybridized carbons (Fsp3) is 0.381. The van der Waals surface area contributed by atoms with Gasteiger partial charge < -0.3 is 10.2 Å². The Kier molecular flexibility index (Phi) is 5.79. The average molecular weight is 425 g/mol. The van der Waals surface area contributed by atoms with Crippen LogP contribution >= 0.6 is 0 Å². The summed E-state index contributed by atoms with van der Waals surface area (Å²) in [6.45, 7) is 2.49. The number of nitrogens with zero attached hydrogens (tertiary/aromatic N) is 6. The monoisotopic (exact) mass is 425 g/mol. The van der Waals surface area contributed by atoms with Gasteiger partial charge in [0.25, 0.3) is 11.8 Å². The summed E-state index contributed by atoms with van der Waals surface area (Å²) in [5, 5.41) is 14.9. The molecule has 0 spiro atoms. The third-order valence-electron chi connectivity index (χ3n) is 5.42. The SMILES string of the molecule is Cc1cc(C(=O)N2C[C@@H](F)C[C@H]2Cn2cc(C(=O)NCc3ccccc3)nn2)nn1C. The van der Waals surface area contributed by atoms with E-state index in [9.17, 15) is 14.0 Å². The molecule has 1 N–H and O–H groups in total. The van der Waals surface area contributed by atoms with Gasteiger partial charge in [-0.3, -0.25) is 14.3 Å². The molecular weight excluding hydrogens is 401 g/mol. The van der Waals surface area contributed by atoms with E-state index in [0.29, 0.717) is 12.2 Å². The molecule has 2 amide bonds. The number of carbonyl (C=O) groups excluding carboxylic acids is 2. The van der Waals surface area contributed by atoms with Crippen molar-refractivity contribution < 1.29 is 14.0 Å². The molecule has 9 nitrogen and oxygen atoms in total. The van der Waals surface area contributed by atoms with Crippen LogP contribution in [0.2, 0.25) is 0 Å². The van der Waals surface area contributed by atoms with Gasteiger partial charge in [-0.15, -0.1) is 5.10 Å². The van der Waals surface area contributed by atoms with Crippen molar-refractivity contribution in [2.75, 3.05) is 6.54 Å². The molecular formula is C21H24FN7O2. The summed E-state index contributed by atoms with van der Waals surface area (Å²) in [6.07, 6.45) is 0.600. The molecule has 4 rings (SSSR count). The highest BCUT2D eigenvalue weighted by Crippen LogP contribution is 2.24. The number of benzene rings is 1. The molecule has 10 heteroatoms. The van der Waals surface area contributed by atoms with Crippen molar-refractivity contribution in [1.82, 2.24) is 35.0 Å². The molecule has 0 unspecified atom stereocenters. The molecule has 1 fully saturated rings. The van der Waals surface area contributed by atoms with Crippen LogP contribution in [0.5, 0.6) is 0 Å². The second kappa shape index (κ2) is 8.66. The molecule has 1 saturated heterocycles. The van der Waals surface area contributed by atoms with Crippen molar-refractivity contribution >= 4 is 11.8 Å². The maximum Gasteiger partial charge on any atom is 0.274 e. The molecule has 0 bridgehead atoms. The first-order valence-corrected chi connectivity index (χ1v) is 10.1. The molecule has 0 radical (unpaired) electrons. The minimum atomic E-state index is -1.11. The smallest absolute Gasteiger partial charge is 0.274 e. The lowest BCUT2D eigenvalue weighted by atomic mass is 10.2. The minimum absolute atomic E-state index is 0.0121. The van der Waals surface area contributed by atoms with Crippen molar-refractivity contribution in [3.63, 3.8) is 0 Å². The predicted octanol–water partition coefficient (Wildman–Crippen LogP) is 1.50. The fourth-order valence-corrected chi connectivity index (χ4v) is 3.67. The molecule has 1 aromatic carbocycles. The van der Waals surface area contributed by atoms with Gasteiger partial charge >= 0.3 is 0 Å². The number of amides is 2. The van der Waals surface area contributed by atoms with E-state index in [0.717, 1.165) is 11.3 Å². The van der Waals surface area contributed by atoms with Crippen LogP contribution in [0.3, 0.4) is 0 Å². The van der Waals surface area contributed by atoms with Gasteiger partial charge in [-0.1, -0.05) is 35.5 Å². The second-order valence-corrected chi connectivity index (χ2v) is 7.73. The van der Waals surface area contributed by atoms with E-state index in [1.54, 1.807) is 17.8 Å². The fourth-order valence-electron chi connectivity index (χ4n) is 3.67.